The molecular weight excluding hydrogens is 256 g/mol. The summed E-state index contributed by atoms with van der Waals surface area (Å²) in [6.45, 7) is 3.44. The summed E-state index contributed by atoms with van der Waals surface area (Å²) in [5.41, 5.74) is -0.666. The molecule has 0 bridgehead atoms. The van der Waals surface area contributed by atoms with E-state index in [0.717, 1.165) is 6.07 Å². The molecule has 6 heteroatoms. The van der Waals surface area contributed by atoms with Gasteiger partial charge in [0.1, 0.15) is 11.3 Å². The highest BCUT2D eigenvalue weighted by molar-refractivity contribution is 5.96. The van der Waals surface area contributed by atoms with Crippen LogP contribution in [0.2, 0.25) is 0 Å². The Hall–Kier alpha value is -2.24. The van der Waals surface area contributed by atoms with Crippen LogP contribution in [-0.2, 0) is 0 Å². The lowest BCUT2D eigenvalue weighted by Gasteiger charge is -2.03. The molecule has 4 nitrogen and oxygen atoms in total. The van der Waals surface area contributed by atoms with Crippen LogP contribution in [0.5, 0.6) is 0 Å². The molecule has 0 fully saturated rings. The van der Waals surface area contributed by atoms with Crippen molar-refractivity contribution in [2.24, 2.45) is 0 Å². The zero-order chi connectivity index (χ0) is 14.2. The Bertz CT molecular complexity index is 635. The quantitative estimate of drug-likeness (QED) is 0.925. The molecule has 100 valence electrons. The largest absolute Gasteiger partial charge is 0.477 e. The number of hydrogen-bond donors (Lipinski definition) is 1. The number of aromatic carboxylic acids is 1. The minimum Gasteiger partial charge on any atom is -0.477 e. The highest BCUT2D eigenvalue weighted by Crippen LogP contribution is 2.31. The van der Waals surface area contributed by atoms with Gasteiger partial charge in [0.05, 0.1) is 0 Å². The first-order valence-electron chi connectivity index (χ1n) is 5.60. The van der Waals surface area contributed by atoms with E-state index in [1.807, 2.05) is 0 Å². The van der Waals surface area contributed by atoms with Gasteiger partial charge in [0.2, 0.25) is 0 Å². The number of nitrogens with zero attached hydrogens (tertiary/aromatic N) is 1. The van der Waals surface area contributed by atoms with Crippen LogP contribution in [0.3, 0.4) is 0 Å². The number of carboxylic acids is 1. The van der Waals surface area contributed by atoms with E-state index in [-0.39, 0.29) is 28.5 Å². The maximum atomic E-state index is 13.7. The van der Waals surface area contributed by atoms with Gasteiger partial charge in [-0.1, -0.05) is 25.1 Å². The second-order valence-corrected chi connectivity index (χ2v) is 4.33. The van der Waals surface area contributed by atoms with Gasteiger partial charge >= 0.3 is 5.97 Å². The van der Waals surface area contributed by atoms with Gasteiger partial charge in [0.15, 0.2) is 17.4 Å². The van der Waals surface area contributed by atoms with Crippen molar-refractivity contribution >= 4 is 5.97 Å². The Morgan fingerprint density at radius 3 is 2.63 bits per heavy atom. The molecule has 0 aliphatic heterocycles. The van der Waals surface area contributed by atoms with Gasteiger partial charge in [-0.2, -0.15) is 0 Å². The van der Waals surface area contributed by atoms with Crippen molar-refractivity contribution in [3.8, 4) is 11.3 Å². The Morgan fingerprint density at radius 1 is 1.37 bits per heavy atom. The second kappa shape index (κ2) is 4.79. The van der Waals surface area contributed by atoms with Crippen molar-refractivity contribution in [1.29, 1.82) is 0 Å². The summed E-state index contributed by atoms with van der Waals surface area (Å²) in [6.07, 6.45) is 0. The highest BCUT2D eigenvalue weighted by Gasteiger charge is 2.27. The van der Waals surface area contributed by atoms with Crippen LogP contribution in [0.1, 0.15) is 35.9 Å². The summed E-state index contributed by atoms with van der Waals surface area (Å²) in [7, 11) is 0. The average molecular weight is 267 g/mol. The summed E-state index contributed by atoms with van der Waals surface area (Å²) >= 11 is 0. The molecule has 1 aromatic carbocycles. The molecule has 0 radical (unpaired) electrons. The van der Waals surface area contributed by atoms with Gasteiger partial charge in [-0.05, 0) is 12.1 Å². The third-order valence-electron chi connectivity index (χ3n) is 2.66. The fourth-order valence-electron chi connectivity index (χ4n) is 1.77. The lowest BCUT2D eigenvalue weighted by atomic mass is 10.0. The van der Waals surface area contributed by atoms with E-state index in [1.165, 1.54) is 12.1 Å². The van der Waals surface area contributed by atoms with Crippen LogP contribution in [0.25, 0.3) is 11.3 Å². The van der Waals surface area contributed by atoms with Crippen LogP contribution in [-0.4, -0.2) is 16.2 Å². The number of benzene rings is 1. The lowest BCUT2D eigenvalue weighted by molar-refractivity contribution is 0.0694. The standard InChI is InChI=1S/C13H11F2NO3/c1-6(2)12-9(13(17)18)11(16-19-12)7-4-3-5-8(14)10(7)15/h3-6H,1-2H3,(H,17,18). The van der Waals surface area contributed by atoms with Gasteiger partial charge in [-0.3, -0.25) is 0 Å². The smallest absolute Gasteiger partial charge is 0.341 e. The van der Waals surface area contributed by atoms with E-state index >= 15 is 0 Å². The molecule has 0 amide bonds. The highest BCUT2D eigenvalue weighted by atomic mass is 19.2. The molecule has 19 heavy (non-hydrogen) atoms. The van der Waals surface area contributed by atoms with E-state index in [9.17, 15) is 18.7 Å². The molecule has 0 aliphatic rings. The van der Waals surface area contributed by atoms with Gasteiger partial charge in [0, 0.05) is 11.5 Å². The maximum absolute atomic E-state index is 13.7. The number of carbonyl (C=O) groups is 1. The Balaban J connectivity index is 2.69. The fraction of sp³-hybridized carbons (Fsp3) is 0.231. The minimum absolute atomic E-state index is 0.131. The van der Waals surface area contributed by atoms with Crippen molar-refractivity contribution in [3.05, 3.63) is 41.2 Å². The summed E-state index contributed by atoms with van der Waals surface area (Å²) in [5.74, 6) is -3.60. The predicted octanol–water partition coefficient (Wildman–Crippen LogP) is 3.44. The molecule has 2 aromatic rings. The second-order valence-electron chi connectivity index (χ2n) is 4.33. The van der Waals surface area contributed by atoms with Gasteiger partial charge in [0.25, 0.3) is 0 Å². The van der Waals surface area contributed by atoms with E-state index in [2.05, 4.69) is 5.16 Å². The Labute approximate surface area is 107 Å². The monoisotopic (exact) mass is 267 g/mol. The maximum Gasteiger partial charge on any atom is 0.341 e. The number of rotatable bonds is 3. The SMILES string of the molecule is CC(C)c1onc(-c2cccc(F)c2F)c1C(=O)O. The van der Waals surface area contributed by atoms with E-state index < -0.39 is 17.6 Å². The first-order chi connectivity index (χ1) is 8.93. The van der Waals surface area contributed by atoms with Crippen LogP contribution in [0, 0.1) is 11.6 Å². The van der Waals surface area contributed by atoms with Crippen LogP contribution in [0.15, 0.2) is 22.7 Å². The normalized spacial score (nSPS) is 11.0. The molecule has 2 rings (SSSR count). The lowest BCUT2D eigenvalue weighted by Crippen LogP contribution is -2.03. The third kappa shape index (κ3) is 2.21. The van der Waals surface area contributed by atoms with Gasteiger partial charge in [-0.25, -0.2) is 13.6 Å². The van der Waals surface area contributed by atoms with Crippen molar-refractivity contribution in [2.45, 2.75) is 19.8 Å². The Kier molecular flexibility index (Phi) is 3.33. The number of aromatic nitrogens is 1. The summed E-state index contributed by atoms with van der Waals surface area (Å²) in [6, 6.07) is 3.48. The molecule has 0 unspecified atom stereocenters. The molecule has 0 atom stereocenters. The predicted molar refractivity (Wildman–Crippen MR) is 62.9 cm³/mol. The zero-order valence-corrected chi connectivity index (χ0v) is 10.3. The van der Waals surface area contributed by atoms with Crippen molar-refractivity contribution in [1.82, 2.24) is 5.16 Å². The van der Waals surface area contributed by atoms with Crippen LogP contribution >= 0.6 is 0 Å². The fourth-order valence-corrected chi connectivity index (χ4v) is 1.77. The first kappa shape index (κ1) is 13.2. The van der Waals surface area contributed by atoms with Crippen molar-refractivity contribution in [2.75, 3.05) is 0 Å². The minimum atomic E-state index is -1.29. The summed E-state index contributed by atoms with van der Waals surface area (Å²) in [5, 5.41) is 12.8. The average Bonchev–Trinajstić information content (AvgIpc) is 2.77. The van der Waals surface area contributed by atoms with E-state index in [0.29, 0.717) is 0 Å². The molecule has 1 aromatic heterocycles. The summed E-state index contributed by atoms with van der Waals surface area (Å²) in [4.78, 5) is 11.3. The van der Waals surface area contributed by atoms with E-state index in [1.54, 1.807) is 13.8 Å². The summed E-state index contributed by atoms with van der Waals surface area (Å²) < 4.78 is 31.8. The Morgan fingerprint density at radius 2 is 2.05 bits per heavy atom. The van der Waals surface area contributed by atoms with Gasteiger partial charge < -0.3 is 9.63 Å². The van der Waals surface area contributed by atoms with Crippen molar-refractivity contribution < 1.29 is 23.2 Å². The third-order valence-corrected chi connectivity index (χ3v) is 2.66. The molecule has 1 N–H and O–H groups in total. The van der Waals surface area contributed by atoms with E-state index in [4.69, 9.17) is 4.52 Å². The number of carboxylic acid groups (broad SMARTS) is 1. The first-order valence-corrected chi connectivity index (χ1v) is 5.60. The molecule has 1 heterocycles. The van der Waals surface area contributed by atoms with Crippen molar-refractivity contribution in [3.63, 3.8) is 0 Å². The van der Waals surface area contributed by atoms with Gasteiger partial charge in [-0.15, -0.1) is 0 Å². The molecular formula is C13H11F2NO3. The zero-order valence-electron chi connectivity index (χ0n) is 10.3. The molecule has 0 aliphatic carbocycles. The molecule has 0 saturated heterocycles. The number of hydrogen-bond acceptors (Lipinski definition) is 3. The van der Waals surface area contributed by atoms with Crippen LogP contribution in [0.4, 0.5) is 8.78 Å². The topological polar surface area (TPSA) is 63.3 Å². The molecule has 0 spiro atoms. The molecule has 0 saturated carbocycles. The van der Waals surface area contributed by atoms with Crippen LogP contribution < -0.4 is 0 Å². The number of halogens is 2.